The maximum absolute atomic E-state index is 13.4. The molecule has 3 heterocycles. The molecule has 1 aliphatic carbocycles. The minimum atomic E-state index is -2.74. The van der Waals surface area contributed by atoms with Crippen LogP contribution in [0, 0.1) is 0 Å². The molecule has 3 aliphatic heterocycles. The van der Waals surface area contributed by atoms with Crippen LogP contribution < -0.4 is 4.90 Å². The number of amides is 1. The number of anilines is 1. The van der Waals surface area contributed by atoms with E-state index in [4.69, 9.17) is 20.4 Å². The number of aryl methyl sites for hydroxylation is 1. The first-order chi connectivity index (χ1) is 21.9. The predicted octanol–water partition coefficient (Wildman–Crippen LogP) is 3.12. The van der Waals surface area contributed by atoms with Gasteiger partial charge >= 0.3 is 17.9 Å². The van der Waals surface area contributed by atoms with E-state index in [0.29, 0.717) is 17.7 Å². The quantitative estimate of drug-likeness (QED) is 0.340. The zero-order chi connectivity index (χ0) is 33.1. The van der Waals surface area contributed by atoms with Crippen LogP contribution in [0.1, 0.15) is 68.1 Å². The van der Waals surface area contributed by atoms with Crippen molar-refractivity contribution in [1.82, 2.24) is 9.80 Å². The standard InChI is InChI=1S/C29H37N3O.C6H8O7/c1-30-18-13-29(14-19-30)22-32(26-9-5-4-8-25(26)29)27(33)11-17-31-20-15-28(16-21-31)12-10-23-6-2-3-7-24(23)28;7-3(8)1-6(13,5(11)12)2-4(9)10/h2-9H,10-22H2,1H3;13H,1-2H2,(H,7,8)(H,9,10)(H,11,12). The molecule has 1 amide bonds. The molecule has 0 unspecified atom stereocenters. The highest BCUT2D eigenvalue weighted by Gasteiger charge is 2.46. The maximum atomic E-state index is 13.4. The molecule has 2 spiro atoms. The van der Waals surface area contributed by atoms with Gasteiger partial charge in [-0.15, -0.1) is 0 Å². The van der Waals surface area contributed by atoms with Gasteiger partial charge in [0.1, 0.15) is 0 Å². The molecule has 4 aliphatic rings. The Morgan fingerprint density at radius 3 is 1.93 bits per heavy atom. The van der Waals surface area contributed by atoms with Gasteiger partial charge in [0, 0.05) is 30.6 Å². The number of para-hydroxylation sites is 1. The van der Waals surface area contributed by atoms with Crippen LogP contribution in [0.5, 0.6) is 0 Å². The lowest BCUT2D eigenvalue weighted by molar-refractivity contribution is -0.170. The van der Waals surface area contributed by atoms with Gasteiger partial charge in [0.2, 0.25) is 5.91 Å². The number of fused-ring (bicyclic) bond motifs is 4. The Labute approximate surface area is 269 Å². The Hall–Kier alpha value is -3.80. The highest BCUT2D eigenvalue weighted by molar-refractivity contribution is 5.96. The van der Waals surface area contributed by atoms with E-state index >= 15 is 0 Å². The summed E-state index contributed by atoms with van der Waals surface area (Å²) >= 11 is 0. The van der Waals surface area contributed by atoms with Crippen molar-refractivity contribution in [3.05, 3.63) is 65.2 Å². The number of carboxylic acid groups (broad SMARTS) is 3. The second kappa shape index (κ2) is 13.5. The van der Waals surface area contributed by atoms with Crippen molar-refractivity contribution >= 4 is 29.5 Å². The van der Waals surface area contributed by atoms with E-state index in [2.05, 4.69) is 70.3 Å². The van der Waals surface area contributed by atoms with E-state index in [-0.39, 0.29) is 5.41 Å². The Kier molecular flexibility index (Phi) is 9.86. The summed E-state index contributed by atoms with van der Waals surface area (Å²) in [5.74, 6) is -4.71. The molecule has 2 fully saturated rings. The van der Waals surface area contributed by atoms with E-state index in [0.717, 1.165) is 52.1 Å². The molecular formula is C35H45N3O8. The van der Waals surface area contributed by atoms with Gasteiger partial charge in [0.15, 0.2) is 5.60 Å². The number of piperidine rings is 2. The van der Waals surface area contributed by atoms with Gasteiger partial charge in [-0.25, -0.2) is 4.79 Å². The molecule has 0 bridgehead atoms. The van der Waals surface area contributed by atoms with Gasteiger partial charge in [0.25, 0.3) is 0 Å². The van der Waals surface area contributed by atoms with Crippen LogP contribution in [0.4, 0.5) is 5.69 Å². The summed E-state index contributed by atoms with van der Waals surface area (Å²) in [6.07, 6.45) is 5.67. The number of likely N-dealkylation sites (tertiary alicyclic amines) is 2. The number of carbonyl (C=O) groups excluding carboxylic acids is 1. The van der Waals surface area contributed by atoms with Gasteiger partial charge in [-0.1, -0.05) is 42.5 Å². The lowest BCUT2D eigenvalue weighted by atomic mass is 9.74. The molecular weight excluding hydrogens is 590 g/mol. The third-order valence-corrected chi connectivity index (χ3v) is 10.7. The van der Waals surface area contributed by atoms with Crippen molar-refractivity contribution in [3.8, 4) is 0 Å². The van der Waals surface area contributed by atoms with Crippen molar-refractivity contribution in [2.24, 2.45) is 0 Å². The Bertz CT molecular complexity index is 1440. The Morgan fingerprint density at radius 2 is 1.33 bits per heavy atom. The maximum Gasteiger partial charge on any atom is 0.336 e. The Morgan fingerprint density at radius 1 is 0.761 bits per heavy atom. The van der Waals surface area contributed by atoms with E-state index in [9.17, 15) is 19.2 Å². The van der Waals surface area contributed by atoms with Crippen LogP contribution >= 0.6 is 0 Å². The molecule has 6 rings (SSSR count). The molecule has 46 heavy (non-hydrogen) atoms. The predicted molar refractivity (Wildman–Crippen MR) is 171 cm³/mol. The summed E-state index contributed by atoms with van der Waals surface area (Å²) in [6.45, 7) is 6.25. The van der Waals surface area contributed by atoms with Crippen LogP contribution in [-0.2, 0) is 36.4 Å². The molecule has 0 atom stereocenters. The molecule has 0 saturated carbocycles. The average molecular weight is 636 g/mol. The van der Waals surface area contributed by atoms with Crippen molar-refractivity contribution < 1.29 is 39.6 Å². The third-order valence-electron chi connectivity index (χ3n) is 10.7. The van der Waals surface area contributed by atoms with Gasteiger partial charge in [0.05, 0.1) is 12.8 Å². The monoisotopic (exact) mass is 635 g/mol. The second-order valence-corrected chi connectivity index (χ2v) is 13.6. The van der Waals surface area contributed by atoms with Gasteiger partial charge in [-0.2, -0.15) is 0 Å². The second-order valence-electron chi connectivity index (χ2n) is 13.6. The lowest BCUT2D eigenvalue weighted by Gasteiger charge is -2.40. The largest absolute Gasteiger partial charge is 0.481 e. The number of hydrogen-bond donors (Lipinski definition) is 4. The average Bonchev–Trinajstić information content (AvgIpc) is 3.54. The molecule has 2 aromatic carbocycles. The number of rotatable bonds is 8. The SMILES string of the molecule is CN1CCC2(CC1)CN(C(=O)CCN1CCC3(CCc4ccccc43)CC1)c1ccccc12.O=C(O)CC(O)(CC(=O)O)C(=O)O. The first kappa shape index (κ1) is 33.6. The normalized spacial score (nSPS) is 20.1. The van der Waals surface area contributed by atoms with Gasteiger partial charge < -0.3 is 35.1 Å². The third kappa shape index (κ3) is 6.96. The Balaban J connectivity index is 0.000000274. The van der Waals surface area contributed by atoms with E-state index in [1.54, 1.807) is 11.1 Å². The molecule has 0 aromatic heterocycles. The van der Waals surface area contributed by atoms with Crippen LogP contribution in [0.2, 0.25) is 0 Å². The number of carbonyl (C=O) groups is 4. The van der Waals surface area contributed by atoms with E-state index < -0.39 is 36.4 Å². The molecule has 11 nitrogen and oxygen atoms in total. The van der Waals surface area contributed by atoms with Crippen molar-refractivity contribution in [2.45, 2.75) is 74.2 Å². The zero-order valence-electron chi connectivity index (χ0n) is 26.5. The lowest BCUT2D eigenvalue weighted by Crippen LogP contribution is -2.46. The van der Waals surface area contributed by atoms with Crippen molar-refractivity contribution in [1.29, 1.82) is 0 Å². The molecule has 2 saturated heterocycles. The van der Waals surface area contributed by atoms with Crippen LogP contribution in [0.15, 0.2) is 48.5 Å². The first-order valence-corrected chi connectivity index (χ1v) is 16.2. The summed E-state index contributed by atoms with van der Waals surface area (Å²) in [6, 6.07) is 17.8. The van der Waals surface area contributed by atoms with E-state index in [1.807, 2.05) is 0 Å². The summed E-state index contributed by atoms with van der Waals surface area (Å²) < 4.78 is 0. The first-order valence-electron chi connectivity index (χ1n) is 16.2. The summed E-state index contributed by atoms with van der Waals surface area (Å²) in [5, 5.41) is 33.8. The molecule has 4 N–H and O–H groups in total. The number of aliphatic carboxylic acids is 3. The number of benzene rings is 2. The fourth-order valence-corrected chi connectivity index (χ4v) is 7.92. The number of carboxylic acids is 3. The summed E-state index contributed by atoms with van der Waals surface area (Å²) in [7, 11) is 2.21. The number of hydrogen-bond acceptors (Lipinski definition) is 7. The fraction of sp³-hybridized carbons (Fsp3) is 0.543. The zero-order valence-corrected chi connectivity index (χ0v) is 26.5. The highest BCUT2D eigenvalue weighted by atomic mass is 16.4. The fourth-order valence-electron chi connectivity index (χ4n) is 7.92. The topological polar surface area (TPSA) is 159 Å². The van der Waals surface area contributed by atoms with Crippen molar-refractivity contribution in [3.63, 3.8) is 0 Å². The number of nitrogens with zero attached hydrogens (tertiary/aromatic N) is 3. The molecule has 248 valence electrons. The minimum Gasteiger partial charge on any atom is -0.481 e. The molecule has 11 heteroatoms. The minimum absolute atomic E-state index is 0.159. The van der Waals surface area contributed by atoms with Gasteiger partial charge in [-0.3, -0.25) is 14.4 Å². The summed E-state index contributed by atoms with van der Waals surface area (Å²) in [5.41, 5.74) is 3.57. The highest BCUT2D eigenvalue weighted by Crippen LogP contribution is 2.48. The van der Waals surface area contributed by atoms with Gasteiger partial charge in [-0.05, 0) is 99.9 Å². The van der Waals surface area contributed by atoms with Crippen molar-refractivity contribution in [2.75, 3.05) is 51.2 Å². The van der Waals surface area contributed by atoms with Crippen LogP contribution in [-0.4, -0.2) is 106 Å². The smallest absolute Gasteiger partial charge is 0.336 e. The molecule has 2 aromatic rings. The molecule has 0 radical (unpaired) electrons. The van der Waals surface area contributed by atoms with Crippen LogP contribution in [0.3, 0.4) is 0 Å². The van der Waals surface area contributed by atoms with E-state index in [1.165, 1.54) is 36.9 Å². The summed E-state index contributed by atoms with van der Waals surface area (Å²) in [4.78, 5) is 51.0. The number of aliphatic hydroxyl groups is 1. The van der Waals surface area contributed by atoms with Crippen LogP contribution in [0.25, 0.3) is 0 Å².